The Kier molecular flexibility index (Phi) is 5.76. The van der Waals surface area contributed by atoms with E-state index in [-0.39, 0.29) is 17.2 Å². The number of esters is 1. The average molecular weight is 459 g/mol. The third-order valence-corrected chi connectivity index (χ3v) is 9.04. The number of benzene rings is 2. The Hall–Kier alpha value is -2.72. The molecule has 2 aromatic rings. The molecule has 5 atom stereocenters. The van der Waals surface area contributed by atoms with E-state index in [0.29, 0.717) is 29.1 Å². The van der Waals surface area contributed by atoms with Gasteiger partial charge < -0.3 is 9.84 Å². The van der Waals surface area contributed by atoms with Gasteiger partial charge in [-0.1, -0.05) is 49.4 Å². The Morgan fingerprint density at radius 3 is 2.50 bits per heavy atom. The summed E-state index contributed by atoms with van der Waals surface area (Å²) in [5.41, 5.74) is 3.48. The summed E-state index contributed by atoms with van der Waals surface area (Å²) in [5.74, 6) is 2.00. The minimum absolute atomic E-state index is 0.0636. The molecule has 0 spiro atoms. The molecule has 4 nitrogen and oxygen atoms in total. The van der Waals surface area contributed by atoms with Crippen molar-refractivity contribution >= 4 is 17.8 Å². The van der Waals surface area contributed by atoms with Crippen molar-refractivity contribution in [2.24, 2.45) is 17.3 Å². The molecule has 0 amide bonds. The van der Waals surface area contributed by atoms with Crippen LogP contribution in [0.2, 0.25) is 0 Å². The summed E-state index contributed by atoms with van der Waals surface area (Å²) in [6.45, 7) is 5.31. The summed E-state index contributed by atoms with van der Waals surface area (Å²) in [6.07, 6.45) is 10.1. The fourth-order valence-electron chi connectivity index (χ4n) is 7.18. The molecule has 34 heavy (non-hydrogen) atoms. The molecule has 5 rings (SSSR count). The molecule has 0 bridgehead atoms. The SMILES string of the molecule is CC(=O)Oc1ccc2c(c1)CC[C@@H]1[C@@H]2CC[C@@]2(C)[C@H]1CC[C@@]2(O)/C=C\c1ccc(C(C)=O)cc1. The number of rotatable bonds is 4. The largest absolute Gasteiger partial charge is 0.427 e. The highest BCUT2D eigenvalue weighted by atomic mass is 16.5. The van der Waals surface area contributed by atoms with Gasteiger partial charge in [0.05, 0.1) is 5.60 Å². The molecule has 0 radical (unpaired) electrons. The van der Waals surface area contributed by atoms with Crippen molar-refractivity contribution in [1.82, 2.24) is 0 Å². The van der Waals surface area contributed by atoms with E-state index >= 15 is 0 Å². The van der Waals surface area contributed by atoms with Crippen molar-refractivity contribution in [3.8, 4) is 5.75 Å². The van der Waals surface area contributed by atoms with Gasteiger partial charge in [0.25, 0.3) is 0 Å². The maximum atomic E-state index is 11.9. The quantitative estimate of drug-likeness (QED) is 0.341. The van der Waals surface area contributed by atoms with Gasteiger partial charge in [0.15, 0.2) is 5.78 Å². The predicted molar refractivity (Wildman–Crippen MR) is 133 cm³/mol. The number of aryl methyl sites for hydroxylation is 1. The van der Waals surface area contributed by atoms with Crippen LogP contribution >= 0.6 is 0 Å². The van der Waals surface area contributed by atoms with Gasteiger partial charge in [-0.2, -0.15) is 0 Å². The maximum absolute atomic E-state index is 11.9. The summed E-state index contributed by atoms with van der Waals surface area (Å²) < 4.78 is 5.31. The van der Waals surface area contributed by atoms with E-state index in [1.165, 1.54) is 18.1 Å². The Labute approximate surface area is 202 Å². The number of carbonyl (C=O) groups excluding carboxylic acids is 2. The molecule has 0 saturated heterocycles. The normalized spacial score (nSPS) is 32.1. The lowest BCUT2D eigenvalue weighted by atomic mass is 9.53. The maximum Gasteiger partial charge on any atom is 0.308 e. The Balaban J connectivity index is 1.37. The van der Waals surface area contributed by atoms with Crippen molar-refractivity contribution in [3.63, 3.8) is 0 Å². The minimum atomic E-state index is -0.818. The number of hydrogen-bond donors (Lipinski definition) is 1. The predicted octanol–water partition coefficient (Wildman–Crippen LogP) is 6.12. The highest BCUT2D eigenvalue weighted by Gasteiger charge is 2.60. The second kappa shape index (κ2) is 8.49. The molecule has 0 unspecified atom stereocenters. The van der Waals surface area contributed by atoms with Crippen molar-refractivity contribution in [2.75, 3.05) is 0 Å². The fraction of sp³-hybridized carbons (Fsp3) is 0.467. The number of fused-ring (bicyclic) bond motifs is 5. The molecule has 0 heterocycles. The number of aliphatic hydroxyl groups is 1. The molecule has 0 aliphatic heterocycles. The Bertz CT molecular complexity index is 1150. The summed E-state index contributed by atoms with van der Waals surface area (Å²) in [5, 5.41) is 11.9. The zero-order chi connectivity index (χ0) is 24.1. The first-order chi connectivity index (χ1) is 16.2. The molecule has 178 valence electrons. The smallest absolute Gasteiger partial charge is 0.308 e. The van der Waals surface area contributed by atoms with E-state index in [9.17, 15) is 14.7 Å². The Morgan fingerprint density at radius 2 is 1.79 bits per heavy atom. The minimum Gasteiger partial charge on any atom is -0.427 e. The van der Waals surface area contributed by atoms with Crippen LogP contribution in [0.5, 0.6) is 5.75 Å². The highest BCUT2D eigenvalue weighted by molar-refractivity contribution is 5.94. The van der Waals surface area contributed by atoms with Gasteiger partial charge in [0, 0.05) is 17.9 Å². The van der Waals surface area contributed by atoms with Gasteiger partial charge in [0.2, 0.25) is 0 Å². The number of ketones is 1. The number of ether oxygens (including phenoxy) is 1. The van der Waals surface area contributed by atoms with Gasteiger partial charge >= 0.3 is 5.97 Å². The van der Waals surface area contributed by atoms with Crippen LogP contribution in [-0.2, 0) is 11.2 Å². The first kappa shape index (κ1) is 23.0. The lowest BCUT2D eigenvalue weighted by Gasteiger charge is -2.52. The first-order valence-corrected chi connectivity index (χ1v) is 12.5. The highest BCUT2D eigenvalue weighted by Crippen LogP contribution is 2.64. The monoisotopic (exact) mass is 458 g/mol. The van der Waals surface area contributed by atoms with Crippen LogP contribution in [0.25, 0.3) is 6.08 Å². The molecule has 2 fully saturated rings. The summed E-state index contributed by atoms with van der Waals surface area (Å²) in [4.78, 5) is 22.9. The summed E-state index contributed by atoms with van der Waals surface area (Å²) in [7, 11) is 0. The zero-order valence-corrected chi connectivity index (χ0v) is 20.3. The van der Waals surface area contributed by atoms with Gasteiger partial charge in [-0.3, -0.25) is 9.59 Å². The molecule has 3 aliphatic rings. The third kappa shape index (κ3) is 3.82. The van der Waals surface area contributed by atoms with E-state index in [0.717, 1.165) is 44.1 Å². The van der Waals surface area contributed by atoms with Gasteiger partial charge in [0.1, 0.15) is 5.75 Å². The molecule has 4 heteroatoms. The van der Waals surface area contributed by atoms with E-state index < -0.39 is 5.60 Å². The van der Waals surface area contributed by atoms with Crippen LogP contribution in [0.4, 0.5) is 0 Å². The summed E-state index contributed by atoms with van der Waals surface area (Å²) in [6, 6.07) is 13.7. The van der Waals surface area contributed by atoms with E-state index in [1.807, 2.05) is 48.6 Å². The molecular formula is C30H34O4. The second-order valence-electron chi connectivity index (χ2n) is 10.8. The van der Waals surface area contributed by atoms with Crippen LogP contribution in [0.3, 0.4) is 0 Å². The van der Waals surface area contributed by atoms with Gasteiger partial charge in [-0.15, -0.1) is 0 Å². The van der Waals surface area contributed by atoms with Crippen molar-refractivity contribution in [2.45, 2.75) is 70.8 Å². The zero-order valence-electron chi connectivity index (χ0n) is 20.3. The van der Waals surface area contributed by atoms with E-state index in [2.05, 4.69) is 13.0 Å². The van der Waals surface area contributed by atoms with Gasteiger partial charge in [-0.05, 0) is 92.0 Å². The van der Waals surface area contributed by atoms with Crippen LogP contribution in [0.15, 0.2) is 48.5 Å². The van der Waals surface area contributed by atoms with Crippen molar-refractivity contribution in [3.05, 3.63) is 70.8 Å². The molecule has 0 aromatic heterocycles. The van der Waals surface area contributed by atoms with E-state index in [1.54, 1.807) is 6.92 Å². The Morgan fingerprint density at radius 1 is 1.03 bits per heavy atom. The topological polar surface area (TPSA) is 63.6 Å². The molecule has 2 aromatic carbocycles. The molecule has 1 N–H and O–H groups in total. The number of Topliss-reactive ketones (excluding diaryl/α,β-unsaturated/α-hetero) is 1. The van der Waals surface area contributed by atoms with E-state index in [4.69, 9.17) is 4.74 Å². The van der Waals surface area contributed by atoms with Crippen LogP contribution in [-0.4, -0.2) is 22.5 Å². The molecule has 2 saturated carbocycles. The van der Waals surface area contributed by atoms with Crippen LogP contribution < -0.4 is 4.74 Å². The second-order valence-corrected chi connectivity index (χ2v) is 10.8. The van der Waals surface area contributed by atoms with Crippen LogP contribution in [0.1, 0.15) is 85.8 Å². The van der Waals surface area contributed by atoms with Gasteiger partial charge in [-0.25, -0.2) is 0 Å². The lowest BCUT2D eigenvalue weighted by Crippen LogP contribution is -2.49. The van der Waals surface area contributed by atoms with Crippen molar-refractivity contribution < 1.29 is 19.4 Å². The summed E-state index contributed by atoms with van der Waals surface area (Å²) >= 11 is 0. The number of hydrogen-bond acceptors (Lipinski definition) is 4. The van der Waals surface area contributed by atoms with Crippen molar-refractivity contribution in [1.29, 1.82) is 0 Å². The molecular weight excluding hydrogens is 424 g/mol. The molecule has 3 aliphatic carbocycles. The standard InChI is InChI=1S/C30H34O4/c1-19(31)22-6-4-21(5-7-22)12-16-30(33)17-14-28-27-10-8-23-18-24(34-20(2)32)9-11-25(23)26(27)13-15-29(28,30)3/h4-7,9,11-12,16,18,26-28,33H,8,10,13-15,17H2,1-3H3/b16-12-/t26-,27-,28+,29+,30+/m1/s1. The number of carbonyl (C=O) groups is 2. The fourth-order valence-corrected chi connectivity index (χ4v) is 7.18. The van der Waals surface area contributed by atoms with Crippen LogP contribution in [0, 0.1) is 17.3 Å². The average Bonchev–Trinajstić information content (AvgIpc) is 3.08. The lowest BCUT2D eigenvalue weighted by molar-refractivity contribution is -0.131. The first-order valence-electron chi connectivity index (χ1n) is 12.5. The third-order valence-electron chi connectivity index (χ3n) is 9.04.